The molecule has 0 spiro atoms. The van der Waals surface area contributed by atoms with Crippen LogP contribution in [0.25, 0.3) is 5.73 Å². The molecule has 0 aliphatic carbocycles. The van der Waals surface area contributed by atoms with Crippen molar-refractivity contribution in [3.05, 3.63) is 13.2 Å². The minimum atomic E-state index is -3.38. The van der Waals surface area contributed by atoms with Gasteiger partial charge in [-0.05, 0) is 0 Å². The fraction of sp³-hybridized carbons (Fsp3) is 0.375. The molecule has 1 radical (unpaired) electrons. The molecule has 0 unspecified atom stereocenters. The zero-order valence-electron chi connectivity index (χ0n) is 8.60. The summed E-state index contributed by atoms with van der Waals surface area (Å²) in [6.07, 6.45) is 0. The summed E-state index contributed by atoms with van der Waals surface area (Å²) in [6.45, 7) is 0. The van der Waals surface area contributed by atoms with Crippen molar-refractivity contribution in [2.45, 2.75) is 7.43 Å². The topological polar surface area (TPSA) is 145 Å². The van der Waals surface area contributed by atoms with E-state index in [4.69, 9.17) is 15.9 Å². The standard InChI is InChI=1S/C6H8N2O6.CH4.CH3.Y/c1-8-3(10)6(2(7)9,4(11)12)5(13)14;;;/h1H3,(H5,7,8,9,10,11,12,13,14);1H4;1H3;/q;;-1;/p-1. The van der Waals surface area contributed by atoms with E-state index in [-0.39, 0.29) is 47.6 Å². The van der Waals surface area contributed by atoms with Crippen molar-refractivity contribution in [3.63, 3.8) is 0 Å². The van der Waals surface area contributed by atoms with Crippen LogP contribution in [0.5, 0.6) is 0 Å². The van der Waals surface area contributed by atoms with Gasteiger partial charge in [0.2, 0.25) is 0 Å². The number of carbonyl (C=O) groups excluding carboxylic acids is 2. The van der Waals surface area contributed by atoms with E-state index >= 15 is 0 Å². The Morgan fingerprint density at radius 2 is 1.41 bits per heavy atom. The van der Waals surface area contributed by atoms with E-state index in [1.165, 1.54) is 0 Å². The summed E-state index contributed by atoms with van der Waals surface area (Å²) in [6, 6.07) is 0. The summed E-state index contributed by atoms with van der Waals surface area (Å²) in [5, 5.41) is 18.7. The van der Waals surface area contributed by atoms with Crippen molar-refractivity contribution < 1.29 is 62.1 Å². The number of carboxylic acids is 2. The van der Waals surface area contributed by atoms with Gasteiger partial charge in [0.15, 0.2) is 0 Å². The van der Waals surface area contributed by atoms with E-state index in [9.17, 15) is 19.2 Å². The molecule has 0 fully saturated rings. The van der Waals surface area contributed by atoms with Crippen LogP contribution in [0.3, 0.4) is 0 Å². The summed E-state index contributed by atoms with van der Waals surface area (Å²) in [7, 11) is 0.964. The van der Waals surface area contributed by atoms with Crippen LogP contribution < -0.4 is 5.32 Å². The van der Waals surface area contributed by atoms with Crippen LogP contribution in [-0.4, -0.2) is 41.0 Å². The van der Waals surface area contributed by atoms with Crippen LogP contribution in [-0.2, 0) is 51.9 Å². The molecular formula is C8H14N2O6Y-2. The van der Waals surface area contributed by atoms with Gasteiger partial charge in [0.05, 0.1) is 5.91 Å². The fourth-order valence-electron chi connectivity index (χ4n) is 0.771. The average molecular weight is 323 g/mol. The molecule has 0 aliphatic heterocycles. The molecule has 0 saturated carbocycles. The largest absolute Gasteiger partial charge is 0.666 e. The molecule has 0 saturated heterocycles. The number of hydrogen-bond donors (Lipinski definition) is 3. The number of carbonyl (C=O) groups is 4. The molecule has 0 aromatic heterocycles. The Labute approximate surface area is 124 Å². The average Bonchev–Trinajstić information content (AvgIpc) is 2.02. The molecule has 2 amide bonds. The molecule has 0 bridgehead atoms. The second-order valence-electron chi connectivity index (χ2n) is 2.27. The van der Waals surface area contributed by atoms with Crippen LogP contribution in [0.4, 0.5) is 0 Å². The number of nitrogens with one attached hydrogen (secondary N) is 2. The van der Waals surface area contributed by atoms with Gasteiger partial charge in [-0.15, -0.1) is 0 Å². The van der Waals surface area contributed by atoms with Gasteiger partial charge in [0.1, 0.15) is 0 Å². The first-order chi connectivity index (χ1) is 6.31. The summed E-state index contributed by atoms with van der Waals surface area (Å²) in [4.78, 5) is 42.6. The molecule has 9 heteroatoms. The predicted octanol–water partition coefficient (Wildman–Crippen LogP) is -0.449. The maximum Gasteiger partial charge on any atom is 0.336 e. The quantitative estimate of drug-likeness (QED) is 0.472. The number of amides is 2. The Kier molecular flexibility index (Phi) is 13.3. The Morgan fingerprint density at radius 1 is 1.12 bits per heavy atom. The number of rotatable bonds is 4. The van der Waals surface area contributed by atoms with Gasteiger partial charge in [-0.1, -0.05) is 7.43 Å². The molecule has 8 nitrogen and oxygen atoms in total. The summed E-state index contributed by atoms with van der Waals surface area (Å²) >= 11 is 0. The van der Waals surface area contributed by atoms with Crippen molar-refractivity contribution in [2.75, 3.05) is 7.05 Å². The zero-order valence-corrected chi connectivity index (χ0v) is 11.4. The maximum absolute atomic E-state index is 10.9. The molecule has 0 aromatic rings. The first kappa shape index (κ1) is 25.0. The maximum atomic E-state index is 10.9. The van der Waals surface area contributed by atoms with E-state index in [0.717, 1.165) is 7.05 Å². The molecule has 17 heavy (non-hydrogen) atoms. The number of carboxylic acid groups (broad SMARTS) is 2. The van der Waals surface area contributed by atoms with Crippen LogP contribution in [0.2, 0.25) is 0 Å². The molecule has 0 rings (SSSR count). The molecular weight excluding hydrogens is 309 g/mol. The normalized spacial score (nSPS) is 8.53. The molecule has 0 aliphatic rings. The molecule has 0 aromatic carbocycles. The van der Waals surface area contributed by atoms with Crippen LogP contribution >= 0.6 is 0 Å². The van der Waals surface area contributed by atoms with Gasteiger partial charge >= 0.3 is 11.9 Å². The third-order valence-corrected chi connectivity index (χ3v) is 1.55. The third-order valence-electron chi connectivity index (χ3n) is 1.55. The van der Waals surface area contributed by atoms with E-state index in [2.05, 4.69) is 0 Å². The van der Waals surface area contributed by atoms with Crippen LogP contribution in [0, 0.1) is 12.8 Å². The van der Waals surface area contributed by atoms with Gasteiger partial charge in [-0.2, -0.15) is 0 Å². The van der Waals surface area contributed by atoms with Crippen molar-refractivity contribution in [1.82, 2.24) is 5.32 Å². The molecule has 0 atom stereocenters. The van der Waals surface area contributed by atoms with Gasteiger partial charge in [-0.25, -0.2) is 9.59 Å². The predicted molar refractivity (Wildman–Crippen MR) is 54.2 cm³/mol. The Morgan fingerprint density at radius 3 is 1.47 bits per heavy atom. The van der Waals surface area contributed by atoms with Gasteiger partial charge in [-0.3, -0.25) is 4.79 Å². The Balaban J connectivity index is -0.000000282. The smallest absolute Gasteiger partial charge is 0.336 e. The summed E-state index contributed by atoms with van der Waals surface area (Å²) < 4.78 is 0. The number of hydrogen-bond acceptors (Lipinski definition) is 4. The molecule has 0 heterocycles. The molecule has 97 valence electrons. The summed E-state index contributed by atoms with van der Waals surface area (Å²) in [5.41, 5.74) is 3.14. The van der Waals surface area contributed by atoms with Crippen molar-refractivity contribution in [3.8, 4) is 0 Å². The summed E-state index contributed by atoms with van der Waals surface area (Å²) in [5.74, 6) is -7.94. The van der Waals surface area contributed by atoms with Crippen molar-refractivity contribution in [2.24, 2.45) is 5.41 Å². The van der Waals surface area contributed by atoms with Gasteiger partial charge < -0.3 is 33.5 Å². The third kappa shape index (κ3) is 4.05. The first-order valence-electron chi connectivity index (χ1n) is 3.26. The number of aliphatic carboxylic acids is 2. The minimum absolute atomic E-state index is 0. The van der Waals surface area contributed by atoms with E-state index in [0.29, 0.717) is 0 Å². The Hall–Kier alpha value is -1.02. The van der Waals surface area contributed by atoms with E-state index < -0.39 is 29.2 Å². The van der Waals surface area contributed by atoms with E-state index in [1.54, 1.807) is 5.32 Å². The van der Waals surface area contributed by atoms with Crippen molar-refractivity contribution in [1.29, 1.82) is 0 Å². The minimum Gasteiger partial charge on any atom is -0.666 e. The Bertz CT molecular complexity index is 281. The van der Waals surface area contributed by atoms with Crippen LogP contribution in [0.15, 0.2) is 0 Å². The van der Waals surface area contributed by atoms with Gasteiger partial charge in [0.25, 0.3) is 11.3 Å². The monoisotopic (exact) mass is 323 g/mol. The molecule has 4 N–H and O–H groups in total. The second kappa shape index (κ2) is 9.06. The second-order valence-corrected chi connectivity index (χ2v) is 2.27. The van der Waals surface area contributed by atoms with Crippen LogP contribution in [0.1, 0.15) is 7.43 Å². The first-order valence-corrected chi connectivity index (χ1v) is 3.26. The van der Waals surface area contributed by atoms with Crippen molar-refractivity contribution >= 4 is 23.8 Å². The zero-order chi connectivity index (χ0) is 11.5. The fourth-order valence-corrected chi connectivity index (χ4v) is 0.771. The van der Waals surface area contributed by atoms with Gasteiger partial charge in [0, 0.05) is 39.8 Å². The SMILES string of the molecule is C.CNC(=O)C(C([NH-])=O)(C(=O)O)C(=O)O.[CH3-].[Y]. The van der Waals surface area contributed by atoms with E-state index in [1.807, 2.05) is 0 Å².